The van der Waals surface area contributed by atoms with Gasteiger partial charge >= 0.3 is 0 Å². The van der Waals surface area contributed by atoms with Gasteiger partial charge in [-0.3, -0.25) is 0 Å². The molecule has 0 amide bonds. The van der Waals surface area contributed by atoms with Gasteiger partial charge in [-0.2, -0.15) is 5.26 Å². The van der Waals surface area contributed by atoms with Gasteiger partial charge in [0.15, 0.2) is 0 Å². The van der Waals surface area contributed by atoms with E-state index in [4.69, 9.17) is 5.26 Å². The summed E-state index contributed by atoms with van der Waals surface area (Å²) in [4.78, 5) is 17.7. The quantitative estimate of drug-likeness (QED) is 0.769. The van der Waals surface area contributed by atoms with Gasteiger partial charge in [0.05, 0.1) is 11.6 Å². The first kappa shape index (κ1) is 16.8. The minimum atomic E-state index is 0.634. The average molecular weight is 357 g/mol. The summed E-state index contributed by atoms with van der Waals surface area (Å²) in [5.41, 5.74) is 1.52. The van der Waals surface area contributed by atoms with Crippen molar-refractivity contribution in [1.29, 1.82) is 5.26 Å². The molecule has 1 aliphatic rings. The molecule has 0 atom stereocenters. The van der Waals surface area contributed by atoms with E-state index in [2.05, 4.69) is 36.1 Å². The Labute approximate surface area is 157 Å². The highest BCUT2D eigenvalue weighted by molar-refractivity contribution is 5.60. The normalized spacial score (nSPS) is 13.9. The number of hydrogen-bond donors (Lipinski definition) is 1. The predicted octanol–water partition coefficient (Wildman–Crippen LogP) is 2.81. The summed E-state index contributed by atoms with van der Waals surface area (Å²) < 4.78 is 0. The topological polar surface area (TPSA) is 81.0 Å². The summed E-state index contributed by atoms with van der Waals surface area (Å²) in [5.74, 6) is 2.65. The predicted molar refractivity (Wildman–Crippen MR) is 105 cm³/mol. The zero-order valence-electron chi connectivity index (χ0n) is 14.8. The number of aromatic nitrogens is 3. The monoisotopic (exact) mass is 357 g/mol. The summed E-state index contributed by atoms with van der Waals surface area (Å²) in [6.45, 7) is 3.56. The third-order valence-corrected chi connectivity index (χ3v) is 4.52. The number of anilines is 4. The summed E-state index contributed by atoms with van der Waals surface area (Å²) in [6.07, 6.45) is 3.40. The van der Waals surface area contributed by atoms with Gasteiger partial charge in [-0.15, -0.1) is 0 Å². The maximum absolute atomic E-state index is 8.89. The van der Waals surface area contributed by atoms with Gasteiger partial charge in [-0.25, -0.2) is 15.0 Å². The standard InChI is InChI=1S/C20H19N7/c21-14-16-4-6-17(7-5-16)25-18-13-20(24-15-23-18)27-11-9-26(10-12-27)19-3-1-2-8-22-19/h1-8,13,15H,9-12H2,(H,23,24,25). The van der Waals surface area contributed by atoms with E-state index in [0.29, 0.717) is 5.56 Å². The van der Waals surface area contributed by atoms with Crippen molar-refractivity contribution in [3.8, 4) is 6.07 Å². The third-order valence-electron chi connectivity index (χ3n) is 4.52. The van der Waals surface area contributed by atoms with Crippen molar-refractivity contribution < 1.29 is 0 Å². The lowest BCUT2D eigenvalue weighted by atomic mass is 10.2. The molecule has 0 saturated carbocycles. The Morgan fingerprint density at radius 1 is 0.852 bits per heavy atom. The van der Waals surface area contributed by atoms with E-state index in [1.54, 1.807) is 18.5 Å². The fourth-order valence-electron chi connectivity index (χ4n) is 3.07. The second-order valence-corrected chi connectivity index (χ2v) is 6.24. The van der Waals surface area contributed by atoms with Crippen LogP contribution in [0.5, 0.6) is 0 Å². The highest BCUT2D eigenvalue weighted by atomic mass is 15.3. The van der Waals surface area contributed by atoms with Crippen LogP contribution in [0.4, 0.5) is 23.1 Å². The van der Waals surface area contributed by atoms with Gasteiger partial charge < -0.3 is 15.1 Å². The molecule has 7 nitrogen and oxygen atoms in total. The first-order valence-corrected chi connectivity index (χ1v) is 8.82. The molecule has 0 spiro atoms. The van der Waals surface area contributed by atoms with E-state index in [0.717, 1.165) is 49.3 Å². The van der Waals surface area contributed by atoms with E-state index in [-0.39, 0.29) is 0 Å². The molecule has 2 aromatic heterocycles. The minimum Gasteiger partial charge on any atom is -0.353 e. The van der Waals surface area contributed by atoms with Crippen LogP contribution >= 0.6 is 0 Å². The summed E-state index contributed by atoms with van der Waals surface area (Å²) in [5, 5.41) is 12.1. The Morgan fingerprint density at radius 2 is 1.59 bits per heavy atom. The van der Waals surface area contributed by atoms with Gasteiger partial charge in [0.2, 0.25) is 0 Å². The molecule has 1 aliphatic heterocycles. The summed E-state index contributed by atoms with van der Waals surface area (Å²) in [6, 6.07) is 17.4. The van der Waals surface area contributed by atoms with Crippen molar-refractivity contribution in [1.82, 2.24) is 15.0 Å². The van der Waals surface area contributed by atoms with Crippen LogP contribution in [-0.4, -0.2) is 41.1 Å². The van der Waals surface area contributed by atoms with Crippen molar-refractivity contribution in [2.75, 3.05) is 41.3 Å². The van der Waals surface area contributed by atoms with Crippen LogP contribution in [0.3, 0.4) is 0 Å². The van der Waals surface area contributed by atoms with Crippen LogP contribution < -0.4 is 15.1 Å². The second kappa shape index (κ2) is 7.70. The molecule has 134 valence electrons. The van der Waals surface area contributed by atoms with E-state index in [1.165, 1.54) is 0 Å². The van der Waals surface area contributed by atoms with Gasteiger partial charge in [0.25, 0.3) is 0 Å². The number of piperazine rings is 1. The van der Waals surface area contributed by atoms with Crippen molar-refractivity contribution in [3.63, 3.8) is 0 Å². The van der Waals surface area contributed by atoms with Crippen LogP contribution in [0, 0.1) is 11.3 Å². The zero-order valence-corrected chi connectivity index (χ0v) is 14.8. The molecule has 3 aromatic rings. The highest BCUT2D eigenvalue weighted by Gasteiger charge is 2.19. The van der Waals surface area contributed by atoms with Crippen molar-refractivity contribution >= 4 is 23.1 Å². The smallest absolute Gasteiger partial charge is 0.135 e. The molecule has 27 heavy (non-hydrogen) atoms. The molecule has 7 heteroatoms. The first-order chi connectivity index (χ1) is 13.3. The van der Waals surface area contributed by atoms with Gasteiger partial charge in [0, 0.05) is 44.1 Å². The van der Waals surface area contributed by atoms with Crippen molar-refractivity contribution in [3.05, 3.63) is 66.6 Å². The summed E-state index contributed by atoms with van der Waals surface area (Å²) >= 11 is 0. The van der Waals surface area contributed by atoms with Crippen LogP contribution in [0.2, 0.25) is 0 Å². The lowest BCUT2D eigenvalue weighted by Gasteiger charge is -2.36. The maximum Gasteiger partial charge on any atom is 0.135 e. The SMILES string of the molecule is N#Cc1ccc(Nc2cc(N3CCN(c4ccccn4)CC3)ncn2)cc1. The molecule has 1 N–H and O–H groups in total. The molecular weight excluding hydrogens is 338 g/mol. The first-order valence-electron chi connectivity index (χ1n) is 8.82. The maximum atomic E-state index is 8.89. The average Bonchev–Trinajstić information content (AvgIpc) is 2.75. The molecule has 0 aliphatic carbocycles. The van der Waals surface area contributed by atoms with Crippen molar-refractivity contribution in [2.45, 2.75) is 0 Å². The number of hydrogen-bond acceptors (Lipinski definition) is 7. The van der Waals surface area contributed by atoms with Crippen LogP contribution in [0.1, 0.15) is 5.56 Å². The number of pyridine rings is 1. The number of benzene rings is 1. The number of nitriles is 1. The molecular formula is C20H19N7. The molecule has 1 saturated heterocycles. The van der Waals surface area contributed by atoms with Crippen LogP contribution in [0.25, 0.3) is 0 Å². The number of rotatable bonds is 4. The molecule has 1 fully saturated rings. The fraction of sp³-hybridized carbons (Fsp3) is 0.200. The van der Waals surface area contributed by atoms with Crippen LogP contribution in [0.15, 0.2) is 61.1 Å². The molecule has 4 rings (SSSR count). The lowest BCUT2D eigenvalue weighted by Crippen LogP contribution is -2.47. The fourth-order valence-corrected chi connectivity index (χ4v) is 3.07. The molecule has 0 unspecified atom stereocenters. The Bertz CT molecular complexity index is 927. The van der Waals surface area contributed by atoms with Crippen molar-refractivity contribution in [2.24, 2.45) is 0 Å². The molecule has 3 heterocycles. The Hall–Kier alpha value is -3.66. The van der Waals surface area contributed by atoms with E-state index < -0.39 is 0 Å². The van der Waals surface area contributed by atoms with Gasteiger partial charge in [-0.1, -0.05) is 6.07 Å². The van der Waals surface area contributed by atoms with Crippen LogP contribution in [-0.2, 0) is 0 Å². The molecule has 0 bridgehead atoms. The van der Waals surface area contributed by atoms with Gasteiger partial charge in [-0.05, 0) is 36.4 Å². The lowest BCUT2D eigenvalue weighted by molar-refractivity contribution is 0.641. The minimum absolute atomic E-state index is 0.634. The van der Waals surface area contributed by atoms with E-state index in [9.17, 15) is 0 Å². The second-order valence-electron chi connectivity index (χ2n) is 6.24. The zero-order chi connectivity index (χ0) is 18.5. The Morgan fingerprint density at radius 3 is 2.26 bits per heavy atom. The molecule has 1 aromatic carbocycles. The summed E-state index contributed by atoms with van der Waals surface area (Å²) in [7, 11) is 0. The number of nitrogens with zero attached hydrogens (tertiary/aromatic N) is 6. The largest absolute Gasteiger partial charge is 0.353 e. The Kier molecular flexibility index (Phi) is 4.79. The molecule has 0 radical (unpaired) electrons. The Balaban J connectivity index is 1.41. The number of nitrogens with one attached hydrogen (secondary N) is 1. The highest BCUT2D eigenvalue weighted by Crippen LogP contribution is 2.21. The third kappa shape index (κ3) is 3.96. The van der Waals surface area contributed by atoms with E-state index >= 15 is 0 Å². The van der Waals surface area contributed by atoms with Gasteiger partial charge in [0.1, 0.15) is 23.8 Å². The van der Waals surface area contributed by atoms with E-state index in [1.807, 2.05) is 42.6 Å².